The molecule has 0 radical (unpaired) electrons. The number of amides is 1. The minimum atomic E-state index is -3.69. The Labute approximate surface area is 148 Å². The molecule has 138 valence electrons. The first-order valence-corrected chi connectivity index (χ1v) is 9.72. The van der Waals surface area contributed by atoms with Gasteiger partial charge in [0.1, 0.15) is 0 Å². The van der Waals surface area contributed by atoms with Gasteiger partial charge in [0.15, 0.2) is 9.84 Å². The van der Waals surface area contributed by atoms with Gasteiger partial charge in [-0.1, -0.05) is 39.0 Å². The molecule has 0 bridgehead atoms. The van der Waals surface area contributed by atoms with E-state index in [0.717, 1.165) is 5.41 Å². The van der Waals surface area contributed by atoms with Gasteiger partial charge in [0.2, 0.25) is 5.91 Å². The van der Waals surface area contributed by atoms with Crippen LogP contribution in [-0.4, -0.2) is 31.4 Å². The molecule has 0 fully saturated rings. The molecular formula is C18H25NO5S. The van der Waals surface area contributed by atoms with Gasteiger partial charge < -0.3 is 10.4 Å². The van der Waals surface area contributed by atoms with Crippen LogP contribution in [0.2, 0.25) is 0 Å². The second-order valence-corrected chi connectivity index (χ2v) is 7.99. The number of carbonyl (C=O) groups excluding carboxylic acids is 1. The SMILES string of the molecule is CC[C@H](C(=O)N[C@H](/C=C/S(=O)(=O)c1ccccc1)CC(=O)O)C(C)C. The van der Waals surface area contributed by atoms with Crippen molar-refractivity contribution in [2.45, 2.75) is 44.6 Å². The summed E-state index contributed by atoms with van der Waals surface area (Å²) in [6.45, 7) is 5.71. The van der Waals surface area contributed by atoms with Crippen LogP contribution in [0.5, 0.6) is 0 Å². The number of carboxylic acids is 1. The molecule has 0 aliphatic rings. The van der Waals surface area contributed by atoms with Crippen molar-refractivity contribution in [3.63, 3.8) is 0 Å². The van der Waals surface area contributed by atoms with Crippen molar-refractivity contribution in [3.05, 3.63) is 41.8 Å². The Kier molecular flexibility index (Phi) is 7.83. The first kappa shape index (κ1) is 20.9. The van der Waals surface area contributed by atoms with E-state index in [-0.39, 0.29) is 29.1 Å². The molecule has 1 amide bonds. The zero-order chi connectivity index (χ0) is 19.0. The first-order valence-electron chi connectivity index (χ1n) is 8.17. The van der Waals surface area contributed by atoms with Crippen LogP contribution in [0.15, 0.2) is 46.7 Å². The quantitative estimate of drug-likeness (QED) is 0.699. The smallest absolute Gasteiger partial charge is 0.305 e. The molecular weight excluding hydrogens is 342 g/mol. The van der Waals surface area contributed by atoms with Crippen LogP contribution in [0.4, 0.5) is 0 Å². The molecule has 0 aliphatic heterocycles. The molecule has 2 N–H and O–H groups in total. The Balaban J connectivity index is 2.96. The lowest BCUT2D eigenvalue weighted by molar-refractivity contribution is -0.137. The van der Waals surface area contributed by atoms with Crippen LogP contribution in [0.1, 0.15) is 33.6 Å². The van der Waals surface area contributed by atoms with E-state index >= 15 is 0 Å². The lowest BCUT2D eigenvalue weighted by Crippen LogP contribution is -2.40. The monoisotopic (exact) mass is 367 g/mol. The normalized spacial score (nSPS) is 14.4. The van der Waals surface area contributed by atoms with E-state index in [4.69, 9.17) is 5.11 Å². The first-order chi connectivity index (χ1) is 11.7. The fourth-order valence-electron chi connectivity index (χ4n) is 2.49. The summed E-state index contributed by atoms with van der Waals surface area (Å²) < 4.78 is 24.5. The summed E-state index contributed by atoms with van der Waals surface area (Å²) in [5.41, 5.74) is 0. The number of aliphatic carboxylic acids is 1. The molecule has 1 aromatic rings. The lowest BCUT2D eigenvalue weighted by Gasteiger charge is -2.21. The molecule has 0 aromatic heterocycles. The zero-order valence-electron chi connectivity index (χ0n) is 14.7. The highest BCUT2D eigenvalue weighted by atomic mass is 32.2. The third-order valence-electron chi connectivity index (χ3n) is 3.87. The Morgan fingerprint density at radius 2 is 1.80 bits per heavy atom. The van der Waals surface area contributed by atoms with Gasteiger partial charge in [-0.3, -0.25) is 9.59 Å². The Morgan fingerprint density at radius 1 is 1.20 bits per heavy atom. The van der Waals surface area contributed by atoms with Gasteiger partial charge in [0, 0.05) is 11.3 Å². The highest BCUT2D eigenvalue weighted by molar-refractivity contribution is 7.94. The van der Waals surface area contributed by atoms with Crippen molar-refractivity contribution in [2.75, 3.05) is 0 Å². The summed E-state index contributed by atoms with van der Waals surface area (Å²) in [6.07, 6.45) is 1.46. The van der Waals surface area contributed by atoms with Gasteiger partial charge in [-0.2, -0.15) is 0 Å². The van der Waals surface area contributed by atoms with Crippen molar-refractivity contribution in [2.24, 2.45) is 11.8 Å². The number of nitrogens with one attached hydrogen (secondary N) is 1. The maximum Gasteiger partial charge on any atom is 0.305 e. The highest BCUT2D eigenvalue weighted by Gasteiger charge is 2.23. The van der Waals surface area contributed by atoms with Crippen LogP contribution < -0.4 is 5.32 Å². The van der Waals surface area contributed by atoms with E-state index in [1.54, 1.807) is 18.2 Å². The molecule has 25 heavy (non-hydrogen) atoms. The van der Waals surface area contributed by atoms with Crippen molar-refractivity contribution in [1.82, 2.24) is 5.32 Å². The maximum absolute atomic E-state index is 12.3. The number of carboxylic acid groups (broad SMARTS) is 1. The average Bonchev–Trinajstić information content (AvgIpc) is 2.53. The van der Waals surface area contributed by atoms with Gasteiger partial charge in [0.05, 0.1) is 17.4 Å². The minimum Gasteiger partial charge on any atom is -0.481 e. The van der Waals surface area contributed by atoms with Crippen LogP contribution >= 0.6 is 0 Å². The number of hydrogen-bond donors (Lipinski definition) is 2. The molecule has 7 heteroatoms. The second kappa shape index (κ2) is 9.36. The van der Waals surface area contributed by atoms with Crippen molar-refractivity contribution < 1.29 is 23.1 Å². The fourth-order valence-corrected chi connectivity index (χ4v) is 3.58. The summed E-state index contributed by atoms with van der Waals surface area (Å²) >= 11 is 0. The number of sulfone groups is 1. The van der Waals surface area contributed by atoms with Crippen LogP contribution in [0, 0.1) is 11.8 Å². The molecule has 0 heterocycles. The second-order valence-electron chi connectivity index (χ2n) is 6.16. The predicted molar refractivity (Wildman–Crippen MR) is 95.6 cm³/mol. The summed E-state index contributed by atoms with van der Waals surface area (Å²) in [4.78, 5) is 23.5. The summed E-state index contributed by atoms with van der Waals surface area (Å²) in [5.74, 6) is -1.54. The molecule has 6 nitrogen and oxygen atoms in total. The number of hydrogen-bond acceptors (Lipinski definition) is 4. The largest absolute Gasteiger partial charge is 0.481 e. The summed E-state index contributed by atoms with van der Waals surface area (Å²) in [6, 6.07) is 6.92. The topological polar surface area (TPSA) is 101 Å². The van der Waals surface area contributed by atoms with E-state index in [2.05, 4.69) is 5.32 Å². The molecule has 0 saturated heterocycles. The summed E-state index contributed by atoms with van der Waals surface area (Å²) in [5, 5.41) is 12.6. The maximum atomic E-state index is 12.3. The standard InChI is InChI=1S/C18H25NO5S/c1-4-16(13(2)3)18(22)19-14(12-17(20)21)10-11-25(23,24)15-8-6-5-7-9-15/h5-11,13-14,16H,4,12H2,1-3H3,(H,19,22)(H,20,21)/b11-10+/t14-,16+/m1/s1. The predicted octanol–water partition coefficient (Wildman–Crippen LogP) is 2.62. The van der Waals surface area contributed by atoms with E-state index in [1.165, 1.54) is 18.2 Å². The van der Waals surface area contributed by atoms with Crippen LogP contribution in [0.3, 0.4) is 0 Å². The van der Waals surface area contributed by atoms with E-state index in [0.29, 0.717) is 6.42 Å². The van der Waals surface area contributed by atoms with Crippen LogP contribution in [0.25, 0.3) is 0 Å². The van der Waals surface area contributed by atoms with Gasteiger partial charge in [-0.05, 0) is 30.5 Å². The number of rotatable bonds is 9. The number of carbonyl (C=O) groups is 2. The van der Waals surface area contributed by atoms with Crippen molar-refractivity contribution >= 4 is 21.7 Å². The molecule has 0 aliphatic carbocycles. The highest BCUT2D eigenvalue weighted by Crippen LogP contribution is 2.16. The van der Waals surface area contributed by atoms with Gasteiger partial charge in [-0.25, -0.2) is 8.42 Å². The van der Waals surface area contributed by atoms with Crippen LogP contribution in [-0.2, 0) is 19.4 Å². The van der Waals surface area contributed by atoms with E-state index < -0.39 is 21.8 Å². The molecule has 1 rings (SSSR count). The lowest BCUT2D eigenvalue weighted by atomic mass is 9.92. The zero-order valence-corrected chi connectivity index (χ0v) is 15.5. The van der Waals surface area contributed by atoms with Gasteiger partial charge in [0.25, 0.3) is 0 Å². The molecule has 1 aromatic carbocycles. The fraction of sp³-hybridized carbons (Fsp3) is 0.444. The third kappa shape index (κ3) is 6.70. The average molecular weight is 367 g/mol. The minimum absolute atomic E-state index is 0.104. The molecule has 2 atom stereocenters. The Bertz CT molecular complexity index is 710. The Hall–Kier alpha value is -2.15. The number of benzene rings is 1. The molecule has 0 unspecified atom stereocenters. The summed E-state index contributed by atoms with van der Waals surface area (Å²) in [7, 11) is -3.69. The van der Waals surface area contributed by atoms with Crippen molar-refractivity contribution in [1.29, 1.82) is 0 Å². The van der Waals surface area contributed by atoms with Gasteiger partial charge >= 0.3 is 5.97 Å². The van der Waals surface area contributed by atoms with E-state index in [1.807, 2.05) is 20.8 Å². The Morgan fingerprint density at radius 3 is 2.28 bits per heavy atom. The van der Waals surface area contributed by atoms with Gasteiger partial charge in [-0.15, -0.1) is 0 Å². The third-order valence-corrected chi connectivity index (χ3v) is 5.31. The molecule has 0 spiro atoms. The van der Waals surface area contributed by atoms with E-state index in [9.17, 15) is 18.0 Å². The molecule has 0 saturated carbocycles. The van der Waals surface area contributed by atoms with Crippen molar-refractivity contribution in [3.8, 4) is 0 Å².